The third-order valence-electron chi connectivity index (χ3n) is 0.489. The predicted octanol–water partition coefficient (Wildman–Crippen LogP) is 0.291. The average Bonchev–Trinajstić information content (AvgIpc) is 1.63. The van der Waals surface area contributed by atoms with Crippen molar-refractivity contribution in [2.75, 3.05) is 13.2 Å². The molecule has 0 aromatic carbocycles. The van der Waals surface area contributed by atoms with Crippen LogP contribution in [0.25, 0.3) is 0 Å². The Balaban J connectivity index is 3.51. The molecule has 0 heterocycles. The van der Waals surface area contributed by atoms with Crippen molar-refractivity contribution in [1.29, 1.82) is 0 Å². The number of rotatable bonds is 3. The van der Waals surface area contributed by atoms with Gasteiger partial charge in [0.05, 0.1) is 6.26 Å². The molecule has 0 saturated heterocycles. The third kappa shape index (κ3) is 7.69. The van der Waals surface area contributed by atoms with Crippen molar-refractivity contribution in [1.82, 2.24) is 0 Å². The van der Waals surface area contributed by atoms with Gasteiger partial charge in [0, 0.05) is 13.2 Å². The largest absolute Gasteiger partial charge is 0.433 e. The molecular formula is C4H10NO3P. The molecular weight excluding hydrogens is 141 g/mol. The molecule has 0 aromatic heterocycles. The molecule has 54 valence electrons. The topological polar surface area (TPSA) is 72.5 Å². The standard InChI is InChI=1S/C4H10NO3P/c1-9(6,7)8-4-2-3-5/h2,4H,3,5H2,1H3,(H,6,7)/b4-2+. The van der Waals surface area contributed by atoms with Crippen molar-refractivity contribution in [3.05, 3.63) is 12.3 Å². The minimum atomic E-state index is -3.34. The molecule has 1 unspecified atom stereocenters. The van der Waals surface area contributed by atoms with E-state index in [9.17, 15) is 4.57 Å². The molecule has 1 atom stereocenters. The van der Waals surface area contributed by atoms with Crippen LogP contribution in [0.2, 0.25) is 0 Å². The molecule has 0 bridgehead atoms. The van der Waals surface area contributed by atoms with Crippen LogP contribution in [0.5, 0.6) is 0 Å². The summed E-state index contributed by atoms with van der Waals surface area (Å²) in [6.07, 6.45) is 2.58. The summed E-state index contributed by atoms with van der Waals surface area (Å²) in [4.78, 5) is 8.49. The Hall–Kier alpha value is -0.310. The van der Waals surface area contributed by atoms with E-state index in [1.807, 2.05) is 0 Å². The quantitative estimate of drug-likeness (QED) is 0.449. The zero-order chi connectivity index (χ0) is 7.33. The van der Waals surface area contributed by atoms with Crippen LogP contribution in [0.1, 0.15) is 0 Å². The average molecular weight is 151 g/mol. The molecule has 0 saturated carbocycles. The lowest BCUT2D eigenvalue weighted by Gasteiger charge is -2.00. The highest BCUT2D eigenvalue weighted by Gasteiger charge is 2.05. The van der Waals surface area contributed by atoms with Gasteiger partial charge in [-0.25, -0.2) is 4.57 Å². The first-order valence-corrected chi connectivity index (χ1v) is 4.42. The van der Waals surface area contributed by atoms with Crippen molar-refractivity contribution >= 4 is 7.60 Å². The van der Waals surface area contributed by atoms with E-state index in [0.29, 0.717) is 6.54 Å². The molecule has 0 radical (unpaired) electrons. The maximum Gasteiger partial charge on any atom is 0.372 e. The van der Waals surface area contributed by atoms with Gasteiger partial charge in [0.25, 0.3) is 0 Å². The zero-order valence-electron chi connectivity index (χ0n) is 5.15. The highest BCUT2D eigenvalue weighted by molar-refractivity contribution is 7.52. The highest BCUT2D eigenvalue weighted by atomic mass is 31.2. The first-order chi connectivity index (χ1) is 4.06. The molecule has 0 spiro atoms. The van der Waals surface area contributed by atoms with Gasteiger partial charge in [0.15, 0.2) is 0 Å². The van der Waals surface area contributed by atoms with Gasteiger partial charge in [-0.2, -0.15) is 0 Å². The molecule has 4 nitrogen and oxygen atoms in total. The van der Waals surface area contributed by atoms with Crippen LogP contribution in [-0.4, -0.2) is 18.1 Å². The predicted molar refractivity (Wildman–Crippen MR) is 35.0 cm³/mol. The molecule has 0 aliphatic rings. The van der Waals surface area contributed by atoms with Gasteiger partial charge in [-0.05, 0) is 6.08 Å². The Morgan fingerprint density at radius 1 is 1.89 bits per heavy atom. The van der Waals surface area contributed by atoms with Gasteiger partial charge >= 0.3 is 7.60 Å². The van der Waals surface area contributed by atoms with Crippen LogP contribution in [0, 0.1) is 0 Å². The number of hydrogen-bond donors (Lipinski definition) is 2. The fourth-order valence-electron chi connectivity index (χ4n) is 0.212. The minimum Gasteiger partial charge on any atom is -0.433 e. The Morgan fingerprint density at radius 2 is 2.44 bits per heavy atom. The summed E-state index contributed by atoms with van der Waals surface area (Å²) in [6, 6.07) is 0. The molecule has 0 fully saturated rings. The number of hydrogen-bond acceptors (Lipinski definition) is 3. The maximum atomic E-state index is 10.3. The van der Waals surface area contributed by atoms with Gasteiger partial charge in [-0.1, -0.05) is 0 Å². The van der Waals surface area contributed by atoms with Crippen molar-refractivity contribution in [3.8, 4) is 0 Å². The summed E-state index contributed by atoms with van der Waals surface area (Å²) in [7, 11) is -3.34. The van der Waals surface area contributed by atoms with E-state index in [1.54, 1.807) is 0 Å². The monoisotopic (exact) mass is 151 g/mol. The molecule has 0 rings (SSSR count). The molecule has 0 aliphatic heterocycles. The summed E-state index contributed by atoms with van der Waals surface area (Å²) in [5, 5.41) is 0. The summed E-state index contributed by atoms with van der Waals surface area (Å²) < 4.78 is 14.7. The Kier molecular flexibility index (Phi) is 3.54. The van der Waals surface area contributed by atoms with E-state index in [4.69, 9.17) is 10.6 Å². The highest BCUT2D eigenvalue weighted by Crippen LogP contribution is 2.36. The van der Waals surface area contributed by atoms with Crippen LogP contribution >= 0.6 is 7.60 Å². The van der Waals surface area contributed by atoms with Gasteiger partial charge in [0.2, 0.25) is 0 Å². The second-order valence-electron chi connectivity index (χ2n) is 1.52. The van der Waals surface area contributed by atoms with Crippen LogP contribution < -0.4 is 5.73 Å². The van der Waals surface area contributed by atoms with Gasteiger partial charge in [-0.15, -0.1) is 0 Å². The van der Waals surface area contributed by atoms with E-state index in [0.717, 1.165) is 12.9 Å². The summed E-state index contributed by atoms with van der Waals surface area (Å²) in [6.45, 7) is 1.41. The van der Waals surface area contributed by atoms with Crippen molar-refractivity contribution < 1.29 is 14.0 Å². The normalized spacial score (nSPS) is 17.7. The van der Waals surface area contributed by atoms with Crippen molar-refractivity contribution in [2.24, 2.45) is 5.73 Å². The molecule has 0 aromatic rings. The van der Waals surface area contributed by atoms with E-state index < -0.39 is 7.60 Å². The molecule has 0 aliphatic carbocycles. The maximum absolute atomic E-state index is 10.3. The molecule has 3 N–H and O–H groups in total. The second kappa shape index (κ2) is 3.67. The van der Waals surface area contributed by atoms with E-state index in [-0.39, 0.29) is 0 Å². The van der Waals surface area contributed by atoms with Gasteiger partial charge in [-0.3, -0.25) is 0 Å². The molecule has 0 amide bonds. The fourth-order valence-corrected chi connectivity index (χ4v) is 0.523. The second-order valence-corrected chi connectivity index (χ2v) is 3.33. The molecule has 5 heteroatoms. The van der Waals surface area contributed by atoms with E-state index in [2.05, 4.69) is 4.52 Å². The Labute approximate surface area is 53.9 Å². The van der Waals surface area contributed by atoms with Crippen LogP contribution in [0.15, 0.2) is 12.3 Å². The van der Waals surface area contributed by atoms with Crippen LogP contribution in [0.4, 0.5) is 0 Å². The van der Waals surface area contributed by atoms with Gasteiger partial charge < -0.3 is 15.2 Å². The van der Waals surface area contributed by atoms with Crippen molar-refractivity contribution in [3.63, 3.8) is 0 Å². The summed E-state index contributed by atoms with van der Waals surface area (Å²) in [5.41, 5.74) is 5.02. The SMILES string of the molecule is CP(=O)(O)O/C=C/CN. The lowest BCUT2D eigenvalue weighted by molar-refractivity contribution is 0.355. The molecule has 9 heavy (non-hydrogen) atoms. The Morgan fingerprint density at radius 3 is 2.78 bits per heavy atom. The van der Waals surface area contributed by atoms with Crippen molar-refractivity contribution in [2.45, 2.75) is 0 Å². The van der Waals surface area contributed by atoms with Gasteiger partial charge in [0.1, 0.15) is 0 Å². The van der Waals surface area contributed by atoms with E-state index in [1.165, 1.54) is 6.08 Å². The minimum absolute atomic E-state index is 0.306. The Bertz CT molecular complexity index is 139. The third-order valence-corrected chi connectivity index (χ3v) is 1.00. The number of nitrogens with two attached hydrogens (primary N) is 1. The lowest BCUT2D eigenvalue weighted by Crippen LogP contribution is -1.92. The fraction of sp³-hybridized carbons (Fsp3) is 0.500. The smallest absolute Gasteiger partial charge is 0.372 e. The van der Waals surface area contributed by atoms with E-state index >= 15 is 0 Å². The van der Waals surface area contributed by atoms with Crippen LogP contribution in [-0.2, 0) is 9.09 Å². The summed E-state index contributed by atoms with van der Waals surface area (Å²) in [5.74, 6) is 0. The lowest BCUT2D eigenvalue weighted by atomic mass is 10.6. The zero-order valence-corrected chi connectivity index (χ0v) is 6.04. The summed E-state index contributed by atoms with van der Waals surface area (Å²) >= 11 is 0. The first kappa shape index (κ1) is 8.69. The van der Waals surface area contributed by atoms with Crippen LogP contribution in [0.3, 0.4) is 0 Å². The first-order valence-electron chi connectivity index (χ1n) is 2.40.